The second-order valence-corrected chi connectivity index (χ2v) is 12.5. The lowest BCUT2D eigenvalue weighted by atomic mass is 9.76. The Kier molecular flexibility index (Phi) is 8.18. The highest BCUT2D eigenvalue weighted by Crippen LogP contribution is 2.42. The summed E-state index contributed by atoms with van der Waals surface area (Å²) < 4.78 is 83.2. The van der Waals surface area contributed by atoms with E-state index >= 15 is 0 Å². The van der Waals surface area contributed by atoms with Crippen LogP contribution in [-0.4, -0.2) is 41.6 Å². The van der Waals surface area contributed by atoms with Crippen LogP contribution in [-0.2, 0) is 21.4 Å². The zero-order valence-electron chi connectivity index (χ0n) is 21.6. The van der Waals surface area contributed by atoms with E-state index in [0.29, 0.717) is 43.4 Å². The number of carbonyl (C=O) groups excluding carboxylic acids is 1. The van der Waals surface area contributed by atoms with Crippen molar-refractivity contribution in [1.82, 2.24) is 14.6 Å². The number of rotatable bonds is 7. The highest BCUT2D eigenvalue weighted by molar-refractivity contribution is 7.89. The van der Waals surface area contributed by atoms with Gasteiger partial charge in [0.2, 0.25) is 21.9 Å². The number of hydrogen-bond donors (Lipinski definition) is 1. The maximum atomic E-state index is 14.6. The number of sulfonamides is 1. The molecule has 1 aliphatic carbocycles. The molecule has 1 saturated carbocycles. The van der Waals surface area contributed by atoms with Gasteiger partial charge in [0.1, 0.15) is 17.7 Å². The number of pyridine rings is 1. The lowest BCUT2D eigenvalue weighted by Crippen LogP contribution is -2.48. The maximum absolute atomic E-state index is 14.6. The normalized spacial score (nSPS) is 26.9. The Morgan fingerprint density at radius 1 is 1.11 bits per heavy atom. The number of halogens is 4. The Balaban J connectivity index is 1.46. The van der Waals surface area contributed by atoms with Crippen molar-refractivity contribution in [3.63, 3.8) is 0 Å². The van der Waals surface area contributed by atoms with Crippen molar-refractivity contribution < 1.29 is 30.8 Å². The summed E-state index contributed by atoms with van der Waals surface area (Å²) in [5.74, 6) is -5.37. The molecule has 6 nitrogen and oxygen atoms in total. The van der Waals surface area contributed by atoms with Gasteiger partial charge < -0.3 is 5.32 Å². The standard InChI is InChI=1S/C27H33F4N3O3S/c1-16-12-25(34(17(16)2)38(36,37)22-10-8-20(28)9-11-22)26(35)33-14-21-13-23(24(29)15-32-21)18-4-6-19(7-5-18)27(3,30)31/h8-11,13,15-19,25H,4-7,12,14H2,1-3H3,(H,33,35)/t16-,17+,18?,19?,25+/m1/s1. The van der Waals surface area contributed by atoms with Gasteiger partial charge in [-0.2, -0.15) is 4.31 Å². The van der Waals surface area contributed by atoms with Crippen molar-refractivity contribution in [2.24, 2.45) is 11.8 Å². The van der Waals surface area contributed by atoms with Gasteiger partial charge in [-0.25, -0.2) is 26.0 Å². The average molecular weight is 556 g/mol. The number of amides is 1. The van der Waals surface area contributed by atoms with E-state index in [9.17, 15) is 30.8 Å². The van der Waals surface area contributed by atoms with E-state index in [1.807, 2.05) is 6.92 Å². The summed E-state index contributed by atoms with van der Waals surface area (Å²) in [7, 11) is -4.07. The largest absolute Gasteiger partial charge is 0.349 e. The molecule has 1 amide bonds. The van der Waals surface area contributed by atoms with Crippen LogP contribution in [0.5, 0.6) is 0 Å². The second-order valence-electron chi connectivity index (χ2n) is 10.7. The Hall–Kier alpha value is -2.53. The molecule has 1 aliphatic heterocycles. The van der Waals surface area contributed by atoms with Gasteiger partial charge in [-0.1, -0.05) is 6.92 Å². The van der Waals surface area contributed by atoms with Gasteiger partial charge in [0.25, 0.3) is 0 Å². The summed E-state index contributed by atoms with van der Waals surface area (Å²) in [6.45, 7) is 4.47. The molecule has 2 aromatic rings. The summed E-state index contributed by atoms with van der Waals surface area (Å²) in [5, 5.41) is 2.73. The van der Waals surface area contributed by atoms with Crippen LogP contribution in [0.15, 0.2) is 41.4 Å². The smallest absolute Gasteiger partial charge is 0.248 e. The monoisotopic (exact) mass is 555 g/mol. The first-order valence-electron chi connectivity index (χ1n) is 12.9. The molecule has 0 spiro atoms. The molecule has 1 N–H and O–H groups in total. The Morgan fingerprint density at radius 3 is 2.34 bits per heavy atom. The molecular weight excluding hydrogens is 522 g/mol. The zero-order chi connectivity index (χ0) is 27.8. The molecule has 2 heterocycles. The zero-order valence-corrected chi connectivity index (χ0v) is 22.4. The number of carbonyl (C=O) groups is 1. The predicted molar refractivity (Wildman–Crippen MR) is 134 cm³/mol. The molecule has 208 valence electrons. The summed E-state index contributed by atoms with van der Waals surface area (Å²) >= 11 is 0. The van der Waals surface area contributed by atoms with E-state index in [0.717, 1.165) is 25.3 Å². The van der Waals surface area contributed by atoms with E-state index < -0.39 is 51.5 Å². The number of benzene rings is 1. The van der Waals surface area contributed by atoms with Crippen molar-refractivity contribution in [2.45, 2.75) is 88.2 Å². The van der Waals surface area contributed by atoms with E-state index in [1.54, 1.807) is 13.0 Å². The van der Waals surface area contributed by atoms with Crippen molar-refractivity contribution in [2.75, 3.05) is 0 Å². The fraction of sp³-hybridized carbons (Fsp3) is 0.556. The summed E-state index contributed by atoms with van der Waals surface area (Å²) in [6, 6.07) is 4.59. The third-order valence-corrected chi connectivity index (χ3v) is 10.1. The molecule has 11 heteroatoms. The van der Waals surface area contributed by atoms with Gasteiger partial charge in [0.15, 0.2) is 0 Å². The second kappa shape index (κ2) is 10.9. The van der Waals surface area contributed by atoms with Gasteiger partial charge >= 0.3 is 0 Å². The highest BCUT2D eigenvalue weighted by Gasteiger charge is 2.47. The maximum Gasteiger partial charge on any atom is 0.248 e. The van der Waals surface area contributed by atoms with Crippen LogP contribution in [0, 0.1) is 23.5 Å². The average Bonchev–Trinajstić information content (AvgIpc) is 3.18. The van der Waals surface area contributed by atoms with Crippen molar-refractivity contribution in [3.05, 3.63) is 59.4 Å². The molecule has 2 fully saturated rings. The number of aromatic nitrogens is 1. The van der Waals surface area contributed by atoms with Gasteiger partial charge in [-0.3, -0.25) is 9.78 Å². The number of alkyl halides is 2. The lowest BCUT2D eigenvalue weighted by molar-refractivity contribution is -0.124. The SMILES string of the molecule is C[C@@H]1C[C@@H](C(=O)NCc2cc(C3CCC(C(C)(F)F)CC3)c(F)cn2)N(S(=O)(=O)c2ccc(F)cc2)[C@H]1C. The van der Waals surface area contributed by atoms with Crippen molar-refractivity contribution in [3.8, 4) is 0 Å². The highest BCUT2D eigenvalue weighted by atomic mass is 32.2. The van der Waals surface area contributed by atoms with Crippen LogP contribution in [0.2, 0.25) is 0 Å². The molecule has 1 aromatic heterocycles. The number of hydrogen-bond acceptors (Lipinski definition) is 4. The minimum atomic E-state index is -4.07. The Labute approximate surface area is 220 Å². The molecule has 0 bridgehead atoms. The molecule has 2 aliphatic rings. The van der Waals surface area contributed by atoms with Gasteiger partial charge in [-0.15, -0.1) is 0 Å². The summed E-state index contributed by atoms with van der Waals surface area (Å²) in [4.78, 5) is 17.1. The molecule has 0 unspecified atom stereocenters. The first-order chi connectivity index (χ1) is 17.8. The summed E-state index contributed by atoms with van der Waals surface area (Å²) in [6.07, 6.45) is 2.86. The first kappa shape index (κ1) is 28.5. The van der Waals surface area contributed by atoms with Crippen LogP contribution in [0.25, 0.3) is 0 Å². The molecule has 38 heavy (non-hydrogen) atoms. The van der Waals surface area contributed by atoms with Crippen LogP contribution < -0.4 is 5.32 Å². The van der Waals surface area contributed by atoms with Crippen LogP contribution in [0.1, 0.15) is 70.1 Å². The summed E-state index contributed by atoms with van der Waals surface area (Å²) in [5.41, 5.74) is 0.787. The molecule has 1 aromatic carbocycles. The van der Waals surface area contributed by atoms with Crippen molar-refractivity contribution >= 4 is 15.9 Å². The Bertz CT molecular complexity index is 1260. The molecule has 3 atom stereocenters. The van der Waals surface area contributed by atoms with Crippen LogP contribution in [0.3, 0.4) is 0 Å². The Morgan fingerprint density at radius 2 is 1.74 bits per heavy atom. The first-order valence-corrected chi connectivity index (χ1v) is 14.3. The predicted octanol–water partition coefficient (Wildman–Crippen LogP) is 5.39. The minimum absolute atomic E-state index is 0.0435. The van der Waals surface area contributed by atoms with E-state index in [1.165, 1.54) is 16.4 Å². The molecule has 1 saturated heterocycles. The molecule has 4 rings (SSSR count). The van der Waals surface area contributed by atoms with Gasteiger partial charge in [-0.05, 0) is 93.7 Å². The van der Waals surface area contributed by atoms with Gasteiger partial charge in [0.05, 0.1) is 23.3 Å². The fourth-order valence-electron chi connectivity index (χ4n) is 5.64. The lowest BCUT2D eigenvalue weighted by Gasteiger charge is -2.32. The molecule has 0 radical (unpaired) electrons. The van der Waals surface area contributed by atoms with E-state index in [4.69, 9.17) is 0 Å². The van der Waals surface area contributed by atoms with Crippen LogP contribution in [0.4, 0.5) is 17.6 Å². The van der Waals surface area contributed by atoms with Crippen LogP contribution >= 0.6 is 0 Å². The third kappa shape index (κ3) is 5.88. The third-order valence-electron chi connectivity index (χ3n) is 8.09. The quantitative estimate of drug-likeness (QED) is 0.465. The van der Waals surface area contributed by atoms with E-state index in [-0.39, 0.29) is 23.3 Å². The van der Waals surface area contributed by atoms with E-state index in [2.05, 4.69) is 10.3 Å². The number of nitrogens with one attached hydrogen (secondary N) is 1. The minimum Gasteiger partial charge on any atom is -0.349 e. The fourth-order valence-corrected chi connectivity index (χ4v) is 7.53. The molecular formula is C27H33F4N3O3S. The van der Waals surface area contributed by atoms with Gasteiger partial charge in [0, 0.05) is 12.0 Å². The topological polar surface area (TPSA) is 79.4 Å². The number of nitrogens with zero attached hydrogens (tertiary/aromatic N) is 2. The van der Waals surface area contributed by atoms with Crippen molar-refractivity contribution in [1.29, 1.82) is 0 Å².